The molecule has 1 heterocycles. The molecule has 0 fully saturated rings. The fourth-order valence-electron chi connectivity index (χ4n) is 3.15. The van der Waals surface area contributed by atoms with Gasteiger partial charge >= 0.3 is 0 Å². The predicted octanol–water partition coefficient (Wildman–Crippen LogP) is 5.05. The summed E-state index contributed by atoms with van der Waals surface area (Å²) < 4.78 is 34.8. The average Bonchev–Trinajstić information content (AvgIpc) is 2.75. The van der Waals surface area contributed by atoms with Gasteiger partial charge in [-0.15, -0.1) is 0 Å². The zero-order valence-corrected chi connectivity index (χ0v) is 20.0. The minimum atomic E-state index is -3.74. The highest BCUT2D eigenvalue weighted by Gasteiger charge is 2.37. The van der Waals surface area contributed by atoms with E-state index in [1.165, 1.54) is 12.1 Å². The first-order valence-corrected chi connectivity index (χ1v) is 12.1. The number of carbonyl (C=O) groups is 1. The second kappa shape index (κ2) is 8.59. The van der Waals surface area contributed by atoms with Gasteiger partial charge in [-0.1, -0.05) is 29.8 Å². The Bertz CT molecular complexity index is 1030. The summed E-state index contributed by atoms with van der Waals surface area (Å²) in [5.74, 6) is 0.948. The maximum atomic E-state index is 13.1. The monoisotopic (exact) mass is 494 g/mol. The Kier molecular flexibility index (Phi) is 6.48. The number of ether oxygens (including phenoxy) is 1. The molecule has 0 radical (unpaired) electrons. The summed E-state index contributed by atoms with van der Waals surface area (Å²) in [6, 6.07) is 11.5. The Morgan fingerprint density at radius 3 is 2.47 bits per heavy atom. The topological polar surface area (TPSA) is 75.7 Å². The van der Waals surface area contributed by atoms with Gasteiger partial charge in [-0.25, -0.2) is 8.42 Å². The first kappa shape index (κ1) is 22.6. The molecular formula is C22H27BrN2O4S. The van der Waals surface area contributed by atoms with E-state index >= 15 is 0 Å². The lowest BCUT2D eigenvalue weighted by atomic mass is 9.92. The largest absolute Gasteiger partial charge is 0.490 e. The third-order valence-electron chi connectivity index (χ3n) is 4.97. The second-order valence-electron chi connectivity index (χ2n) is 8.55. The van der Waals surface area contributed by atoms with Gasteiger partial charge in [-0.3, -0.25) is 9.52 Å². The first-order valence-electron chi connectivity index (χ1n) is 9.87. The van der Waals surface area contributed by atoms with E-state index in [9.17, 15) is 13.2 Å². The van der Waals surface area contributed by atoms with Crippen molar-refractivity contribution < 1.29 is 17.9 Å². The first-order chi connectivity index (χ1) is 14.0. The number of nitrogens with one attached hydrogen (secondary N) is 1. The number of anilines is 2. The number of hydrogen-bond donors (Lipinski definition) is 1. The van der Waals surface area contributed by atoms with Gasteiger partial charge in [-0.2, -0.15) is 0 Å². The van der Waals surface area contributed by atoms with Crippen LogP contribution in [-0.4, -0.2) is 27.5 Å². The molecule has 0 bridgehead atoms. The molecule has 8 heteroatoms. The molecule has 6 nitrogen and oxygen atoms in total. The van der Waals surface area contributed by atoms with E-state index in [-0.39, 0.29) is 17.4 Å². The highest BCUT2D eigenvalue weighted by Crippen LogP contribution is 2.39. The van der Waals surface area contributed by atoms with Crippen molar-refractivity contribution in [1.29, 1.82) is 0 Å². The lowest BCUT2D eigenvalue weighted by Gasteiger charge is -2.28. The molecule has 0 atom stereocenters. The second-order valence-corrected chi connectivity index (χ2v) is 11.2. The fraction of sp³-hybridized carbons (Fsp3) is 0.409. The molecular weight excluding hydrogens is 468 g/mol. The van der Waals surface area contributed by atoms with Crippen LogP contribution in [0.15, 0.2) is 51.8 Å². The van der Waals surface area contributed by atoms with E-state index in [0.717, 1.165) is 10.9 Å². The summed E-state index contributed by atoms with van der Waals surface area (Å²) in [6.45, 7) is 8.76. The normalized spacial score (nSPS) is 16.1. The molecule has 0 saturated carbocycles. The van der Waals surface area contributed by atoms with Crippen molar-refractivity contribution >= 4 is 43.2 Å². The quantitative estimate of drug-likeness (QED) is 0.609. The molecule has 30 heavy (non-hydrogen) atoms. The molecule has 3 rings (SSSR count). The SMILES string of the molecule is CC(C)CCN1C(=O)C(C)(C)COc2cc(NS(=O)(=O)c3ccc(Br)cc3)ccc21. The Hall–Kier alpha value is -2.06. The van der Waals surface area contributed by atoms with Crippen LogP contribution in [0.2, 0.25) is 0 Å². The zero-order chi connectivity index (χ0) is 22.1. The molecule has 0 spiro atoms. The molecule has 1 amide bonds. The minimum Gasteiger partial charge on any atom is -0.490 e. The van der Waals surface area contributed by atoms with E-state index in [1.807, 2.05) is 13.8 Å². The van der Waals surface area contributed by atoms with Gasteiger partial charge in [0.05, 0.1) is 21.7 Å². The van der Waals surface area contributed by atoms with Gasteiger partial charge in [0, 0.05) is 17.1 Å². The van der Waals surface area contributed by atoms with E-state index in [4.69, 9.17) is 4.74 Å². The number of rotatable bonds is 6. The summed E-state index contributed by atoms with van der Waals surface area (Å²) >= 11 is 3.30. The number of benzene rings is 2. The number of fused-ring (bicyclic) bond motifs is 1. The number of nitrogens with zero attached hydrogens (tertiary/aromatic N) is 1. The predicted molar refractivity (Wildman–Crippen MR) is 122 cm³/mol. The number of amides is 1. The van der Waals surface area contributed by atoms with Gasteiger partial charge in [0.2, 0.25) is 5.91 Å². The van der Waals surface area contributed by atoms with Gasteiger partial charge in [0.25, 0.3) is 10.0 Å². The van der Waals surface area contributed by atoms with Crippen LogP contribution < -0.4 is 14.4 Å². The Morgan fingerprint density at radius 1 is 1.17 bits per heavy atom. The molecule has 2 aromatic rings. The van der Waals surface area contributed by atoms with Gasteiger partial charge in [0.15, 0.2) is 0 Å². The van der Waals surface area contributed by atoms with Crippen LogP contribution in [0.4, 0.5) is 11.4 Å². The van der Waals surface area contributed by atoms with Crippen LogP contribution in [0.1, 0.15) is 34.1 Å². The zero-order valence-electron chi connectivity index (χ0n) is 17.6. The van der Waals surface area contributed by atoms with Crippen LogP contribution in [0.3, 0.4) is 0 Å². The highest BCUT2D eigenvalue weighted by molar-refractivity contribution is 9.10. The molecule has 1 aliphatic rings. The molecule has 0 aliphatic carbocycles. The summed E-state index contributed by atoms with van der Waals surface area (Å²) in [5.41, 5.74) is 0.373. The van der Waals surface area contributed by atoms with E-state index in [1.54, 1.807) is 35.2 Å². The molecule has 1 N–H and O–H groups in total. The third kappa shape index (κ3) is 4.98. The van der Waals surface area contributed by atoms with E-state index in [0.29, 0.717) is 29.6 Å². The van der Waals surface area contributed by atoms with Crippen LogP contribution in [-0.2, 0) is 14.8 Å². The van der Waals surface area contributed by atoms with Gasteiger partial charge in [0.1, 0.15) is 12.4 Å². The smallest absolute Gasteiger partial charge is 0.261 e. The fourth-order valence-corrected chi connectivity index (χ4v) is 4.46. The maximum Gasteiger partial charge on any atom is 0.261 e. The number of hydrogen-bond acceptors (Lipinski definition) is 4. The van der Waals surface area contributed by atoms with Crippen LogP contribution >= 0.6 is 15.9 Å². The van der Waals surface area contributed by atoms with Crippen molar-refractivity contribution in [2.24, 2.45) is 11.3 Å². The van der Waals surface area contributed by atoms with Gasteiger partial charge in [-0.05, 0) is 62.6 Å². The van der Waals surface area contributed by atoms with Crippen molar-refractivity contribution in [2.45, 2.75) is 39.0 Å². The van der Waals surface area contributed by atoms with Crippen LogP contribution in [0.25, 0.3) is 0 Å². The van der Waals surface area contributed by atoms with Crippen LogP contribution in [0, 0.1) is 11.3 Å². The lowest BCUT2D eigenvalue weighted by Crippen LogP contribution is -2.42. The molecule has 0 unspecified atom stereocenters. The van der Waals surface area contributed by atoms with Crippen LogP contribution in [0.5, 0.6) is 5.75 Å². The third-order valence-corrected chi connectivity index (χ3v) is 6.90. The lowest BCUT2D eigenvalue weighted by molar-refractivity contribution is -0.127. The van der Waals surface area contributed by atoms with Crippen molar-refractivity contribution in [3.05, 3.63) is 46.9 Å². The van der Waals surface area contributed by atoms with Crippen molar-refractivity contribution in [3.8, 4) is 5.75 Å². The Labute approximate surface area is 186 Å². The summed E-state index contributed by atoms with van der Waals surface area (Å²) in [4.78, 5) is 15.0. The summed E-state index contributed by atoms with van der Waals surface area (Å²) in [6.07, 6.45) is 0.860. The Balaban J connectivity index is 1.92. The van der Waals surface area contributed by atoms with Crippen molar-refractivity contribution in [3.63, 3.8) is 0 Å². The van der Waals surface area contributed by atoms with E-state index in [2.05, 4.69) is 34.5 Å². The highest BCUT2D eigenvalue weighted by atomic mass is 79.9. The number of carbonyl (C=O) groups excluding carboxylic acids is 1. The minimum absolute atomic E-state index is 0.00472. The van der Waals surface area contributed by atoms with Gasteiger partial charge < -0.3 is 9.64 Å². The number of halogens is 1. The average molecular weight is 495 g/mol. The number of sulfonamides is 1. The van der Waals surface area contributed by atoms with E-state index < -0.39 is 15.4 Å². The molecule has 2 aromatic carbocycles. The molecule has 0 aromatic heterocycles. The summed E-state index contributed by atoms with van der Waals surface area (Å²) in [7, 11) is -3.74. The molecule has 162 valence electrons. The summed E-state index contributed by atoms with van der Waals surface area (Å²) in [5, 5.41) is 0. The van der Waals surface area contributed by atoms with Crippen molar-refractivity contribution in [1.82, 2.24) is 0 Å². The molecule has 0 saturated heterocycles. The Morgan fingerprint density at radius 2 is 1.83 bits per heavy atom. The standard InChI is InChI=1S/C22H27BrN2O4S/c1-15(2)11-12-25-19-10-7-17(13-20(19)29-14-22(3,4)21(25)26)24-30(27,28)18-8-5-16(23)6-9-18/h5-10,13,15,24H,11-12,14H2,1-4H3. The maximum absolute atomic E-state index is 13.1. The van der Waals surface area contributed by atoms with Crippen molar-refractivity contribution in [2.75, 3.05) is 22.8 Å². The molecule has 1 aliphatic heterocycles.